The van der Waals surface area contributed by atoms with Crippen LogP contribution >= 0.6 is 49.6 Å². The summed E-state index contributed by atoms with van der Waals surface area (Å²) in [5, 5.41) is 9.83. The minimum atomic E-state index is -5.31. The highest BCUT2D eigenvalue weighted by Crippen LogP contribution is 2.46. The van der Waals surface area contributed by atoms with Gasteiger partial charge in [0.15, 0.2) is 5.78 Å². The van der Waals surface area contributed by atoms with Crippen LogP contribution in [0.2, 0.25) is 0 Å². The maximum absolute atomic E-state index is 16.8. The maximum Gasteiger partial charge on any atom is 0.419 e. The van der Waals surface area contributed by atoms with Gasteiger partial charge in [0.05, 0.1) is 58.9 Å². The number of Topliss-reactive ketones (excluding diaryl/α,β-unsaturated/α-hetero) is 1. The first kappa shape index (κ1) is 101. The van der Waals surface area contributed by atoms with Gasteiger partial charge in [-0.25, -0.2) is 22.4 Å². The van der Waals surface area contributed by atoms with Crippen LogP contribution in [-0.2, 0) is 66.2 Å². The molecule has 2 aliphatic rings. The summed E-state index contributed by atoms with van der Waals surface area (Å²) >= 11 is 1.84. The molecule has 0 radical (unpaired) electrons. The van der Waals surface area contributed by atoms with Gasteiger partial charge in [-0.1, -0.05) is 99.5 Å². The predicted molar refractivity (Wildman–Crippen MR) is 427 cm³/mol. The SMILES string of the molecule is CC(C)CC(C(=O)O)n1cc(CCN2CC(C)C2)c(C(F)(F)F)cc1=O.CCOC(=O)C[C@H](CC(=O)C(CC(C)C)n1cc(CCN2CC(C)C2)c(C(F)(F)F)cc1=O)c1c(F)c(-c2c(C)cc(C)cc2C)cc(C(F)(F)F)c1F.CCOC(=O)C[C@H](N)c1c(F)c(-c2c(C)cc(C)cc2C)cc(C(F)(F)F)c1F.S.S.[3H]CN(F)CI. The number of esters is 2. The number of ketones is 1. The van der Waals surface area contributed by atoms with Crippen LogP contribution in [0.5, 0.6) is 0 Å². The Kier molecular flexibility index (Phi) is 38.2. The van der Waals surface area contributed by atoms with E-state index in [-0.39, 0.29) is 118 Å². The van der Waals surface area contributed by atoms with E-state index in [1.807, 2.05) is 39.3 Å². The standard InChI is InChI=1S/C40H46F8N2O4.C21H22F5NO2.C18H25F3N2O3.C2H5FIN.2H2S/c1-8-54-34(53)15-27(36-37(41)28(16-30(38(36)42)40(46,47)48)35-24(6)12-22(4)13-25(35)7)14-32(51)31(11-21(2)3)50-20-26(9-10-49-18-23(5)19-49)29(17-33(50)52)39(43,44)45;1-5-29-16(28)9-15(27)18-19(22)13(8-14(20(18)23)21(24,25)26)17-11(3)6-10(2)7-12(17)4;1-11(2)6-15(17(25)26)23-10-13(4-5-22-8-12(3)9-22)14(7-16(23)24)18(19,20)21;1-5(3)2-4;;/h12-13,16-17,20-21,23,27,31H,8-11,14-15,18-19H2,1-7H3;6-8,15H,5,9,27H2,1-4H3;7,10-12,15H,4-6,8-9H2,1-3H3,(H,25,26);2H2,1H3;2*1H2/t27-,31?;15-;;;;/m00..../s1/i;;;1T;;. The number of benzene rings is 4. The lowest BCUT2D eigenvalue weighted by molar-refractivity contribution is -0.144. The smallest absolute Gasteiger partial charge is 0.419 e. The van der Waals surface area contributed by atoms with Crippen LogP contribution in [0.3, 0.4) is 0 Å². The Morgan fingerprint density at radius 1 is 0.552 bits per heavy atom. The third-order valence-corrected chi connectivity index (χ3v) is 19.8. The zero-order valence-electron chi connectivity index (χ0n) is 67.7. The van der Waals surface area contributed by atoms with Crippen LogP contribution in [0.25, 0.3) is 22.3 Å². The fourth-order valence-corrected chi connectivity index (χ4v) is 14.4. The monoisotopic (exact) mass is 1820 g/mol. The summed E-state index contributed by atoms with van der Waals surface area (Å²) in [6, 6.07) is 4.10. The number of alkyl halides is 13. The Morgan fingerprint density at radius 2 is 0.897 bits per heavy atom. The van der Waals surface area contributed by atoms with Gasteiger partial charge in [-0.05, 0) is 161 Å². The number of ether oxygens (including phenoxy) is 2. The molecule has 4 aromatic carbocycles. The third-order valence-electron chi connectivity index (χ3n) is 19.1. The number of hydrogen-bond acceptors (Lipinski definition) is 12. The number of rotatable bonds is 27. The summed E-state index contributed by atoms with van der Waals surface area (Å²) in [7, 11) is -0.261. The van der Waals surface area contributed by atoms with Crippen molar-refractivity contribution in [3.63, 3.8) is 0 Å². The second-order valence-electron chi connectivity index (χ2n) is 29.9. The van der Waals surface area contributed by atoms with Gasteiger partial charge < -0.3 is 39.2 Å². The fraction of sp³-hybridized carbons (Fsp3) is 0.531. The molecular formula is C81H102F17IN6O9S2. The van der Waals surface area contributed by atoms with E-state index in [9.17, 15) is 95.4 Å². The lowest BCUT2D eigenvalue weighted by Gasteiger charge is -2.37. The third kappa shape index (κ3) is 28.0. The van der Waals surface area contributed by atoms with E-state index in [4.69, 9.17) is 16.6 Å². The van der Waals surface area contributed by atoms with Gasteiger partial charge in [0.1, 0.15) is 29.3 Å². The minimum absolute atomic E-state index is 0. The maximum atomic E-state index is 16.8. The summed E-state index contributed by atoms with van der Waals surface area (Å²) in [6.45, 7) is 27.5. The van der Waals surface area contributed by atoms with Gasteiger partial charge in [0.2, 0.25) is 0 Å². The Balaban J connectivity index is 0.000000472. The van der Waals surface area contributed by atoms with Crippen molar-refractivity contribution in [2.75, 3.05) is 64.1 Å². The van der Waals surface area contributed by atoms with Gasteiger partial charge in [0, 0.05) is 113 Å². The molecule has 8 rings (SSSR count). The average molecular weight is 1820 g/mol. The number of aryl methyl sites for hydroxylation is 6. The lowest BCUT2D eigenvalue weighted by Crippen LogP contribution is -2.46. The van der Waals surface area contributed by atoms with Crippen molar-refractivity contribution in [3.05, 3.63) is 183 Å². The number of carboxylic acids is 1. The highest BCUT2D eigenvalue weighted by atomic mass is 127. The number of nitrogens with two attached hydrogens (primary N) is 1. The summed E-state index contributed by atoms with van der Waals surface area (Å²) in [4.78, 5) is 79.9. The van der Waals surface area contributed by atoms with Crippen molar-refractivity contribution in [1.29, 1.82) is 0 Å². The highest BCUT2D eigenvalue weighted by Gasteiger charge is 2.44. The number of hydrogen-bond donors (Lipinski definition) is 2. The van der Waals surface area contributed by atoms with Crippen LogP contribution in [0.1, 0.15) is 191 Å². The molecule has 3 N–H and O–H groups in total. The van der Waals surface area contributed by atoms with E-state index >= 15 is 13.2 Å². The number of carbonyl (C=O) groups is 4. The Labute approximate surface area is 692 Å². The lowest BCUT2D eigenvalue weighted by atomic mass is 9.82. The molecule has 2 aliphatic heterocycles. The van der Waals surface area contributed by atoms with E-state index < -0.39 is 171 Å². The topological polar surface area (TPSA) is 187 Å². The Morgan fingerprint density at radius 3 is 1.22 bits per heavy atom. The van der Waals surface area contributed by atoms with Crippen LogP contribution in [0, 0.1) is 88.5 Å². The Bertz CT molecular complexity index is 4480. The Hall–Kier alpha value is -7.06. The molecule has 0 bridgehead atoms. The predicted octanol–water partition coefficient (Wildman–Crippen LogP) is 19.5. The van der Waals surface area contributed by atoms with E-state index in [0.29, 0.717) is 83.1 Å². The molecule has 15 nitrogen and oxygen atoms in total. The molecule has 35 heteroatoms. The fourth-order valence-electron chi connectivity index (χ4n) is 14.4. The van der Waals surface area contributed by atoms with E-state index in [1.165, 1.54) is 13.8 Å². The highest BCUT2D eigenvalue weighted by molar-refractivity contribution is 14.1. The molecule has 2 aromatic heterocycles. The molecule has 0 amide bonds. The minimum Gasteiger partial charge on any atom is -0.480 e. The number of aromatic nitrogens is 2. The number of nitrogens with zero attached hydrogens (tertiary/aromatic N) is 5. The van der Waals surface area contributed by atoms with Crippen LogP contribution in [0.15, 0.2) is 70.5 Å². The summed E-state index contributed by atoms with van der Waals surface area (Å²) in [6.07, 6.45) is -20.3. The van der Waals surface area contributed by atoms with Crippen molar-refractivity contribution < 1.29 is 110 Å². The van der Waals surface area contributed by atoms with Crippen molar-refractivity contribution in [3.8, 4) is 22.3 Å². The molecule has 4 heterocycles. The quantitative estimate of drug-likeness (QED) is 0.0124. The first-order valence-corrected chi connectivity index (χ1v) is 38.3. The van der Waals surface area contributed by atoms with Crippen molar-refractivity contribution in [2.45, 2.75) is 191 Å². The normalized spacial score (nSPS) is 14.7. The number of carboxylic acid groups (broad SMARTS) is 1. The summed E-state index contributed by atoms with van der Waals surface area (Å²) < 4.78 is 259. The summed E-state index contributed by atoms with van der Waals surface area (Å²) in [5.74, 6) is -11.8. The summed E-state index contributed by atoms with van der Waals surface area (Å²) in [5.41, 5.74) is -1.61. The molecule has 0 spiro atoms. The molecular weight excluding hydrogens is 1710 g/mol. The molecule has 0 saturated carbocycles. The second kappa shape index (κ2) is 43.8. The van der Waals surface area contributed by atoms with Gasteiger partial charge in [-0.3, -0.25) is 24.0 Å². The van der Waals surface area contributed by atoms with Crippen molar-refractivity contribution in [2.24, 2.45) is 29.4 Å². The molecule has 2 unspecified atom stereocenters. The van der Waals surface area contributed by atoms with Gasteiger partial charge in [0.25, 0.3) is 11.1 Å². The van der Waals surface area contributed by atoms with Crippen molar-refractivity contribution in [1.82, 2.24) is 24.1 Å². The largest absolute Gasteiger partial charge is 0.480 e. The van der Waals surface area contributed by atoms with E-state index in [1.54, 1.807) is 93.5 Å². The van der Waals surface area contributed by atoms with Gasteiger partial charge in [-0.2, -0.15) is 79.7 Å². The number of likely N-dealkylation sites (tertiary alicyclic amines) is 2. The number of halogens is 18. The second-order valence-corrected chi connectivity index (χ2v) is 30.6. The molecule has 2 saturated heterocycles. The number of carbonyl (C=O) groups excluding carboxylic acids is 3. The van der Waals surface area contributed by atoms with Crippen LogP contribution in [-0.4, -0.2) is 117 Å². The number of aliphatic carboxylic acids is 1. The van der Waals surface area contributed by atoms with Gasteiger partial charge >= 0.3 is 42.6 Å². The molecule has 6 aromatic rings. The first-order valence-electron chi connectivity index (χ1n) is 37.4. The van der Waals surface area contributed by atoms with Crippen LogP contribution in [0.4, 0.5) is 74.7 Å². The zero-order valence-corrected chi connectivity index (χ0v) is 70.9. The van der Waals surface area contributed by atoms with Crippen LogP contribution < -0.4 is 16.9 Å². The molecule has 4 atom stereocenters. The number of pyridine rings is 2. The first-order chi connectivity index (χ1) is 53.2. The van der Waals surface area contributed by atoms with E-state index in [2.05, 4.69) is 6.92 Å². The molecule has 0 aliphatic carbocycles. The molecule has 2 fully saturated rings. The van der Waals surface area contributed by atoms with Gasteiger partial charge in [-0.15, -0.1) is 9.60 Å². The molecule has 648 valence electrons. The zero-order chi connectivity index (χ0) is 87.2. The van der Waals surface area contributed by atoms with E-state index in [0.717, 1.165) is 45.7 Å². The average Bonchev–Trinajstić information content (AvgIpc) is 0.755. The molecule has 116 heavy (non-hydrogen) atoms. The van der Waals surface area contributed by atoms with Crippen molar-refractivity contribution >= 4 is 73.3 Å².